The number of carbonyl (C=O) groups is 2. The van der Waals surface area contributed by atoms with Crippen molar-refractivity contribution in [2.75, 3.05) is 18.0 Å². The van der Waals surface area contributed by atoms with Crippen LogP contribution in [0.5, 0.6) is 0 Å². The molecular formula is C20H19N3O2S2. The predicted octanol–water partition coefficient (Wildman–Crippen LogP) is 3.97. The Morgan fingerprint density at radius 1 is 1.22 bits per heavy atom. The predicted molar refractivity (Wildman–Crippen MR) is 114 cm³/mol. The van der Waals surface area contributed by atoms with Gasteiger partial charge >= 0.3 is 0 Å². The summed E-state index contributed by atoms with van der Waals surface area (Å²) in [5.74, 6) is -0.849. The topological polar surface area (TPSA) is 53.5 Å². The van der Waals surface area contributed by atoms with Gasteiger partial charge in [-0.1, -0.05) is 36.1 Å². The Morgan fingerprint density at radius 2 is 1.93 bits per heavy atom. The molecule has 3 rings (SSSR count). The molecule has 0 atom stereocenters. The minimum Gasteiger partial charge on any atom is -0.372 e. The molecule has 1 aromatic carbocycles. The zero-order valence-electron chi connectivity index (χ0n) is 15.1. The maximum atomic E-state index is 12.7. The van der Waals surface area contributed by atoms with Crippen LogP contribution < -0.4 is 4.90 Å². The molecule has 2 amide bonds. The van der Waals surface area contributed by atoms with E-state index in [1.807, 2.05) is 24.3 Å². The maximum absolute atomic E-state index is 12.7. The Hall–Kier alpha value is -2.51. The summed E-state index contributed by atoms with van der Waals surface area (Å²) >= 11 is 6.39. The van der Waals surface area contributed by atoms with Crippen molar-refractivity contribution in [2.24, 2.45) is 0 Å². The first kappa shape index (κ1) is 19.3. The van der Waals surface area contributed by atoms with Crippen molar-refractivity contribution < 1.29 is 9.59 Å². The minimum atomic E-state index is -0.453. The number of anilines is 1. The van der Waals surface area contributed by atoms with Gasteiger partial charge < -0.3 is 4.90 Å². The first-order chi connectivity index (χ1) is 13.0. The molecule has 1 saturated heterocycles. The fourth-order valence-electron chi connectivity index (χ4n) is 2.78. The number of rotatable bonds is 5. The molecule has 0 bridgehead atoms. The van der Waals surface area contributed by atoms with Crippen LogP contribution in [0.1, 0.15) is 29.8 Å². The number of imide groups is 1. The first-order valence-corrected chi connectivity index (χ1v) is 9.85. The normalized spacial score (nSPS) is 15.5. The van der Waals surface area contributed by atoms with Crippen LogP contribution in [0.3, 0.4) is 0 Å². The molecule has 7 heteroatoms. The third kappa shape index (κ3) is 4.09. The maximum Gasteiger partial charge on any atom is 0.273 e. The summed E-state index contributed by atoms with van der Waals surface area (Å²) in [4.78, 5) is 32.9. The van der Waals surface area contributed by atoms with E-state index in [9.17, 15) is 9.59 Å². The smallest absolute Gasteiger partial charge is 0.273 e. The lowest BCUT2D eigenvalue weighted by molar-refractivity contribution is -0.120. The molecule has 1 aliphatic heterocycles. The van der Waals surface area contributed by atoms with Gasteiger partial charge in [0.05, 0.1) is 10.5 Å². The number of hydrogen-bond acceptors (Lipinski definition) is 6. The van der Waals surface area contributed by atoms with Crippen molar-refractivity contribution in [3.05, 3.63) is 64.8 Å². The van der Waals surface area contributed by atoms with E-state index in [2.05, 4.69) is 23.7 Å². The summed E-state index contributed by atoms with van der Waals surface area (Å²) in [6, 6.07) is 11.2. The lowest BCUT2D eigenvalue weighted by atomic mass is 10.1. The van der Waals surface area contributed by atoms with Gasteiger partial charge in [-0.2, -0.15) is 0 Å². The molecule has 2 heterocycles. The van der Waals surface area contributed by atoms with Gasteiger partial charge in [0.2, 0.25) is 0 Å². The second-order valence-electron chi connectivity index (χ2n) is 5.83. The number of nitrogens with zero attached hydrogens (tertiary/aromatic N) is 3. The van der Waals surface area contributed by atoms with Gasteiger partial charge in [0, 0.05) is 31.2 Å². The summed E-state index contributed by atoms with van der Waals surface area (Å²) in [5.41, 5.74) is 2.36. The Bertz CT molecular complexity index is 891. The first-order valence-electron chi connectivity index (χ1n) is 8.62. The molecule has 1 aromatic heterocycles. The number of aromatic nitrogens is 1. The third-order valence-electron chi connectivity index (χ3n) is 4.22. The van der Waals surface area contributed by atoms with Crippen molar-refractivity contribution in [3.8, 4) is 0 Å². The van der Waals surface area contributed by atoms with E-state index in [0.717, 1.165) is 41.0 Å². The number of thiocarbonyl (C=S) groups is 1. The van der Waals surface area contributed by atoms with Crippen molar-refractivity contribution in [1.82, 2.24) is 9.88 Å². The van der Waals surface area contributed by atoms with E-state index in [-0.39, 0.29) is 4.32 Å². The standard InChI is InChI=1S/C20H19N3O2S2/c1-3-22(4-2)16-9-7-14(8-10-16)12-17-19(25)23(20(26)27-17)18(24)15-6-5-11-21-13-15/h5-13H,3-4H2,1-2H3/b17-12+. The van der Waals surface area contributed by atoms with Crippen LogP contribution in [0.15, 0.2) is 53.7 Å². The van der Waals surface area contributed by atoms with Crippen LogP contribution in [0.2, 0.25) is 0 Å². The zero-order valence-corrected chi connectivity index (χ0v) is 16.7. The van der Waals surface area contributed by atoms with Crippen LogP contribution in [0.4, 0.5) is 5.69 Å². The van der Waals surface area contributed by atoms with E-state index in [1.54, 1.807) is 24.4 Å². The van der Waals surface area contributed by atoms with Crippen LogP contribution in [-0.2, 0) is 4.79 Å². The summed E-state index contributed by atoms with van der Waals surface area (Å²) in [7, 11) is 0. The van der Waals surface area contributed by atoms with Gasteiger partial charge in [-0.15, -0.1) is 0 Å². The van der Waals surface area contributed by atoms with Gasteiger partial charge in [-0.25, -0.2) is 4.90 Å². The Morgan fingerprint density at radius 3 is 2.52 bits per heavy atom. The second-order valence-corrected chi connectivity index (χ2v) is 7.50. The number of thioether (sulfide) groups is 1. The molecule has 138 valence electrons. The van der Waals surface area contributed by atoms with Gasteiger partial charge in [0.15, 0.2) is 4.32 Å². The summed E-state index contributed by atoms with van der Waals surface area (Å²) in [6.07, 6.45) is 4.77. The molecule has 1 fully saturated rings. The SMILES string of the molecule is CCN(CC)c1ccc(/C=C2/SC(=S)N(C(=O)c3cccnc3)C2=O)cc1. The van der Waals surface area contributed by atoms with Gasteiger partial charge in [0.1, 0.15) is 0 Å². The molecule has 27 heavy (non-hydrogen) atoms. The van der Waals surface area contributed by atoms with Crippen LogP contribution >= 0.6 is 24.0 Å². The molecule has 0 N–H and O–H groups in total. The van der Waals surface area contributed by atoms with Crippen molar-refractivity contribution in [1.29, 1.82) is 0 Å². The lowest BCUT2D eigenvalue weighted by Crippen LogP contribution is -2.34. The van der Waals surface area contributed by atoms with Crippen LogP contribution in [-0.4, -0.2) is 39.1 Å². The summed E-state index contributed by atoms with van der Waals surface area (Å²) in [6.45, 7) is 6.10. The van der Waals surface area contributed by atoms with E-state index in [0.29, 0.717) is 10.5 Å². The molecule has 0 unspecified atom stereocenters. The Balaban J connectivity index is 1.81. The van der Waals surface area contributed by atoms with Gasteiger partial charge in [0.25, 0.3) is 11.8 Å². The lowest BCUT2D eigenvalue weighted by Gasteiger charge is -2.20. The number of carbonyl (C=O) groups excluding carboxylic acids is 2. The highest BCUT2D eigenvalue weighted by molar-refractivity contribution is 8.26. The summed E-state index contributed by atoms with van der Waals surface area (Å²) in [5, 5.41) is 0. The van der Waals surface area contributed by atoms with E-state index < -0.39 is 11.8 Å². The minimum absolute atomic E-state index is 0.236. The average Bonchev–Trinajstić information content (AvgIpc) is 2.97. The van der Waals surface area contributed by atoms with E-state index in [1.165, 1.54) is 6.20 Å². The number of benzene rings is 1. The fraction of sp³-hybridized carbons (Fsp3) is 0.200. The van der Waals surface area contributed by atoms with Crippen LogP contribution in [0.25, 0.3) is 6.08 Å². The van der Waals surface area contributed by atoms with Crippen LogP contribution in [0, 0.1) is 0 Å². The molecule has 0 spiro atoms. The number of hydrogen-bond donors (Lipinski definition) is 0. The van der Waals surface area contributed by atoms with Gasteiger partial charge in [-0.3, -0.25) is 14.6 Å². The third-order valence-corrected chi connectivity index (χ3v) is 5.53. The Kier molecular flexibility index (Phi) is 6.03. The highest BCUT2D eigenvalue weighted by Gasteiger charge is 2.37. The molecule has 1 aliphatic rings. The molecule has 0 saturated carbocycles. The molecule has 2 aromatic rings. The van der Waals surface area contributed by atoms with Crippen molar-refractivity contribution >= 4 is 51.9 Å². The average molecular weight is 398 g/mol. The van der Waals surface area contributed by atoms with Crippen molar-refractivity contribution in [2.45, 2.75) is 13.8 Å². The van der Waals surface area contributed by atoms with E-state index in [4.69, 9.17) is 12.2 Å². The molecule has 5 nitrogen and oxygen atoms in total. The highest BCUT2D eigenvalue weighted by atomic mass is 32.2. The number of pyridine rings is 1. The Labute approximate surface area is 168 Å². The second kappa shape index (κ2) is 8.45. The monoisotopic (exact) mass is 397 g/mol. The highest BCUT2D eigenvalue weighted by Crippen LogP contribution is 2.33. The largest absolute Gasteiger partial charge is 0.372 e. The molecular weight excluding hydrogens is 378 g/mol. The summed E-state index contributed by atoms with van der Waals surface area (Å²) < 4.78 is 0.236. The van der Waals surface area contributed by atoms with Crippen molar-refractivity contribution in [3.63, 3.8) is 0 Å². The number of amides is 2. The van der Waals surface area contributed by atoms with Gasteiger partial charge in [-0.05, 0) is 49.8 Å². The molecule has 0 radical (unpaired) electrons. The van der Waals surface area contributed by atoms with E-state index >= 15 is 0 Å². The quantitative estimate of drug-likeness (QED) is 0.432. The fourth-order valence-corrected chi connectivity index (χ4v) is 4.04. The molecule has 0 aliphatic carbocycles. The zero-order chi connectivity index (χ0) is 19.4.